The lowest BCUT2D eigenvalue weighted by molar-refractivity contribution is 0.102. The van der Waals surface area contributed by atoms with Gasteiger partial charge in [0.2, 0.25) is 0 Å². The van der Waals surface area contributed by atoms with E-state index < -0.39 is 0 Å². The fourth-order valence-electron chi connectivity index (χ4n) is 2.22. The number of anilines is 2. The van der Waals surface area contributed by atoms with Gasteiger partial charge in [0.25, 0.3) is 5.91 Å². The zero-order chi connectivity index (χ0) is 14.1. The molecule has 1 aromatic heterocycles. The molecule has 4 nitrogen and oxygen atoms in total. The number of fused-ring (bicyclic) bond motifs is 1. The number of rotatable bonds is 3. The van der Waals surface area contributed by atoms with E-state index in [1.807, 2.05) is 23.6 Å². The fourth-order valence-corrected chi connectivity index (χ4v) is 3.09. The van der Waals surface area contributed by atoms with Crippen molar-refractivity contribution in [1.29, 1.82) is 0 Å². The zero-order valence-electron chi connectivity index (χ0n) is 11.6. The van der Waals surface area contributed by atoms with Gasteiger partial charge >= 0.3 is 0 Å². The number of hydrogen-bond acceptors (Lipinski definition) is 4. The van der Waals surface area contributed by atoms with Crippen molar-refractivity contribution < 1.29 is 4.79 Å². The van der Waals surface area contributed by atoms with E-state index in [0.717, 1.165) is 24.3 Å². The van der Waals surface area contributed by atoms with Crippen LogP contribution in [0.15, 0.2) is 23.6 Å². The second-order valence-corrected chi connectivity index (χ2v) is 6.09. The molecule has 2 heterocycles. The van der Waals surface area contributed by atoms with Crippen LogP contribution < -0.4 is 10.6 Å². The van der Waals surface area contributed by atoms with E-state index in [1.165, 1.54) is 16.9 Å². The third kappa shape index (κ3) is 2.54. The molecule has 1 aliphatic heterocycles. The van der Waals surface area contributed by atoms with Gasteiger partial charge in [0, 0.05) is 23.2 Å². The van der Waals surface area contributed by atoms with Crippen molar-refractivity contribution in [3.05, 3.63) is 40.4 Å². The third-order valence-electron chi connectivity index (χ3n) is 3.41. The number of thiazole rings is 1. The van der Waals surface area contributed by atoms with Crippen LogP contribution in [0.1, 0.15) is 41.4 Å². The van der Waals surface area contributed by atoms with Gasteiger partial charge in [0.05, 0.1) is 5.69 Å². The van der Waals surface area contributed by atoms with E-state index in [4.69, 9.17) is 0 Å². The van der Waals surface area contributed by atoms with Gasteiger partial charge in [0.15, 0.2) is 5.13 Å². The van der Waals surface area contributed by atoms with E-state index in [-0.39, 0.29) is 5.91 Å². The SMILES string of the molecule is CC(C)c1csc(NC(=O)c2ccc3c(c2)CCN3)n1. The molecule has 1 aromatic carbocycles. The molecule has 2 aromatic rings. The number of carbonyl (C=O) groups is 1. The lowest BCUT2D eigenvalue weighted by atomic mass is 10.1. The Hall–Kier alpha value is -1.88. The van der Waals surface area contributed by atoms with Crippen molar-refractivity contribution in [3.63, 3.8) is 0 Å². The smallest absolute Gasteiger partial charge is 0.257 e. The quantitative estimate of drug-likeness (QED) is 0.908. The topological polar surface area (TPSA) is 54.0 Å². The summed E-state index contributed by atoms with van der Waals surface area (Å²) in [6, 6.07) is 5.78. The summed E-state index contributed by atoms with van der Waals surface area (Å²) < 4.78 is 0. The van der Waals surface area contributed by atoms with Gasteiger partial charge in [-0.1, -0.05) is 13.8 Å². The summed E-state index contributed by atoms with van der Waals surface area (Å²) in [7, 11) is 0. The number of nitrogens with zero attached hydrogens (tertiary/aromatic N) is 1. The molecule has 0 saturated heterocycles. The molecule has 3 rings (SSSR count). The van der Waals surface area contributed by atoms with Crippen LogP contribution in [0.2, 0.25) is 0 Å². The molecule has 104 valence electrons. The zero-order valence-corrected chi connectivity index (χ0v) is 12.4. The fraction of sp³-hybridized carbons (Fsp3) is 0.333. The summed E-state index contributed by atoms with van der Waals surface area (Å²) >= 11 is 1.47. The summed E-state index contributed by atoms with van der Waals surface area (Å²) in [5.41, 5.74) is 4.05. The highest BCUT2D eigenvalue weighted by Crippen LogP contribution is 2.25. The Balaban J connectivity index is 1.75. The maximum absolute atomic E-state index is 12.2. The van der Waals surface area contributed by atoms with Gasteiger partial charge in [0.1, 0.15) is 0 Å². The first-order chi connectivity index (χ1) is 9.63. The van der Waals surface area contributed by atoms with Gasteiger partial charge in [-0.2, -0.15) is 0 Å². The van der Waals surface area contributed by atoms with Gasteiger partial charge in [-0.15, -0.1) is 11.3 Å². The van der Waals surface area contributed by atoms with Crippen LogP contribution >= 0.6 is 11.3 Å². The maximum Gasteiger partial charge on any atom is 0.257 e. The highest BCUT2D eigenvalue weighted by Gasteiger charge is 2.15. The lowest BCUT2D eigenvalue weighted by Gasteiger charge is -2.05. The van der Waals surface area contributed by atoms with E-state index in [9.17, 15) is 4.79 Å². The van der Waals surface area contributed by atoms with Crippen LogP contribution in [0.5, 0.6) is 0 Å². The minimum Gasteiger partial charge on any atom is -0.384 e. The molecule has 0 atom stereocenters. The van der Waals surface area contributed by atoms with E-state index in [1.54, 1.807) is 0 Å². The van der Waals surface area contributed by atoms with Crippen molar-refractivity contribution in [1.82, 2.24) is 4.98 Å². The third-order valence-corrected chi connectivity index (χ3v) is 4.19. The van der Waals surface area contributed by atoms with Crippen molar-refractivity contribution in [2.45, 2.75) is 26.2 Å². The van der Waals surface area contributed by atoms with Crippen LogP contribution in [0.3, 0.4) is 0 Å². The second-order valence-electron chi connectivity index (χ2n) is 5.24. The Morgan fingerprint density at radius 2 is 2.30 bits per heavy atom. The molecule has 20 heavy (non-hydrogen) atoms. The summed E-state index contributed by atoms with van der Waals surface area (Å²) in [6.45, 7) is 5.13. The van der Waals surface area contributed by atoms with Crippen LogP contribution in [0.25, 0.3) is 0 Å². The number of amides is 1. The predicted octanol–water partition coefficient (Wildman–Crippen LogP) is 3.49. The minimum atomic E-state index is -0.0932. The second kappa shape index (κ2) is 5.25. The average Bonchev–Trinajstić information content (AvgIpc) is 3.05. The number of carbonyl (C=O) groups excluding carboxylic acids is 1. The van der Waals surface area contributed by atoms with Crippen molar-refractivity contribution in [3.8, 4) is 0 Å². The van der Waals surface area contributed by atoms with Crippen molar-refractivity contribution >= 4 is 28.1 Å². The molecule has 2 N–H and O–H groups in total. The van der Waals surface area contributed by atoms with E-state index >= 15 is 0 Å². The maximum atomic E-state index is 12.2. The molecule has 0 aliphatic carbocycles. The Morgan fingerprint density at radius 1 is 1.45 bits per heavy atom. The number of hydrogen-bond donors (Lipinski definition) is 2. The van der Waals surface area contributed by atoms with Crippen molar-refractivity contribution in [2.24, 2.45) is 0 Å². The van der Waals surface area contributed by atoms with Crippen LogP contribution in [0.4, 0.5) is 10.8 Å². The van der Waals surface area contributed by atoms with Gasteiger partial charge in [-0.3, -0.25) is 10.1 Å². The molecule has 0 bridgehead atoms. The standard InChI is InChI=1S/C15H17N3OS/c1-9(2)13-8-20-15(17-13)18-14(19)11-3-4-12-10(7-11)5-6-16-12/h3-4,7-9,16H,5-6H2,1-2H3,(H,17,18,19). The van der Waals surface area contributed by atoms with Crippen LogP contribution in [0, 0.1) is 0 Å². The predicted molar refractivity (Wildman–Crippen MR) is 82.8 cm³/mol. The largest absolute Gasteiger partial charge is 0.384 e. The number of benzene rings is 1. The summed E-state index contributed by atoms with van der Waals surface area (Å²) in [6.07, 6.45) is 0.977. The molecule has 0 saturated carbocycles. The Morgan fingerprint density at radius 3 is 3.05 bits per heavy atom. The monoisotopic (exact) mass is 287 g/mol. The highest BCUT2D eigenvalue weighted by molar-refractivity contribution is 7.14. The molecule has 5 heteroatoms. The molecular formula is C15H17N3OS. The molecule has 0 fully saturated rings. The van der Waals surface area contributed by atoms with Gasteiger partial charge in [-0.05, 0) is 36.1 Å². The first-order valence-corrected chi connectivity index (χ1v) is 7.65. The highest BCUT2D eigenvalue weighted by atomic mass is 32.1. The summed E-state index contributed by atoms with van der Waals surface area (Å²) in [5.74, 6) is 0.285. The molecule has 1 aliphatic rings. The molecular weight excluding hydrogens is 270 g/mol. The first kappa shape index (κ1) is 13.1. The molecule has 0 unspecified atom stereocenters. The number of nitrogens with one attached hydrogen (secondary N) is 2. The first-order valence-electron chi connectivity index (χ1n) is 6.77. The van der Waals surface area contributed by atoms with Crippen LogP contribution in [-0.2, 0) is 6.42 Å². The van der Waals surface area contributed by atoms with E-state index in [2.05, 4.69) is 29.5 Å². The molecule has 1 amide bonds. The summed E-state index contributed by atoms with van der Waals surface area (Å²) in [4.78, 5) is 16.7. The van der Waals surface area contributed by atoms with E-state index in [0.29, 0.717) is 16.6 Å². The lowest BCUT2D eigenvalue weighted by Crippen LogP contribution is -2.12. The minimum absolute atomic E-state index is 0.0932. The Kier molecular flexibility index (Phi) is 3.44. The van der Waals surface area contributed by atoms with Crippen molar-refractivity contribution in [2.75, 3.05) is 17.2 Å². The molecule has 0 spiro atoms. The summed E-state index contributed by atoms with van der Waals surface area (Å²) in [5, 5.41) is 8.82. The van der Waals surface area contributed by atoms with Gasteiger partial charge in [-0.25, -0.2) is 4.98 Å². The Bertz CT molecular complexity index is 648. The normalized spacial score (nSPS) is 13.2. The van der Waals surface area contributed by atoms with Gasteiger partial charge < -0.3 is 5.32 Å². The number of aromatic nitrogens is 1. The molecule has 0 radical (unpaired) electrons. The Labute approximate surface area is 122 Å². The van der Waals surface area contributed by atoms with Crippen LogP contribution in [-0.4, -0.2) is 17.4 Å². The average molecular weight is 287 g/mol.